The van der Waals surface area contributed by atoms with E-state index in [0.717, 1.165) is 32.7 Å². The van der Waals surface area contributed by atoms with Gasteiger partial charge in [-0.1, -0.05) is 23.7 Å². The van der Waals surface area contributed by atoms with Crippen molar-refractivity contribution in [3.05, 3.63) is 53.3 Å². The van der Waals surface area contributed by atoms with Crippen molar-refractivity contribution in [2.75, 3.05) is 56.6 Å². The molecular formula is C22H26ClFN4O3. The quantitative estimate of drug-likeness (QED) is 0.503. The molecule has 1 aliphatic rings. The van der Waals surface area contributed by atoms with Gasteiger partial charge in [-0.2, -0.15) is 0 Å². The minimum atomic E-state index is -0.750. The number of amides is 2. The normalized spacial score (nSPS) is 14.2. The van der Waals surface area contributed by atoms with Crippen LogP contribution in [0.5, 0.6) is 5.75 Å². The zero-order chi connectivity index (χ0) is 22.2. The molecule has 2 amide bonds. The van der Waals surface area contributed by atoms with Crippen LogP contribution < -0.4 is 20.3 Å². The van der Waals surface area contributed by atoms with Crippen LogP contribution in [-0.4, -0.2) is 63.1 Å². The van der Waals surface area contributed by atoms with Crippen molar-refractivity contribution >= 4 is 34.8 Å². The van der Waals surface area contributed by atoms with E-state index in [0.29, 0.717) is 35.1 Å². The summed E-state index contributed by atoms with van der Waals surface area (Å²) in [5, 5.41) is 5.48. The average molecular weight is 449 g/mol. The molecule has 2 aromatic rings. The highest BCUT2D eigenvalue weighted by molar-refractivity contribution is 6.40. The van der Waals surface area contributed by atoms with Crippen molar-refractivity contribution in [2.45, 2.75) is 6.42 Å². The third-order valence-corrected chi connectivity index (χ3v) is 5.41. The molecule has 1 fully saturated rings. The minimum Gasteiger partial charge on any atom is -0.495 e. The average Bonchev–Trinajstić information content (AvgIpc) is 2.77. The maximum Gasteiger partial charge on any atom is 0.313 e. The van der Waals surface area contributed by atoms with E-state index in [1.54, 1.807) is 24.3 Å². The van der Waals surface area contributed by atoms with Crippen LogP contribution in [0, 0.1) is 5.82 Å². The number of carbonyl (C=O) groups excluding carboxylic acids is 2. The van der Waals surface area contributed by atoms with Crippen molar-refractivity contribution in [3.8, 4) is 5.75 Å². The molecule has 0 spiro atoms. The van der Waals surface area contributed by atoms with Gasteiger partial charge in [-0.15, -0.1) is 0 Å². The van der Waals surface area contributed by atoms with Gasteiger partial charge in [0, 0.05) is 38.4 Å². The second kappa shape index (κ2) is 11.0. The van der Waals surface area contributed by atoms with Crippen molar-refractivity contribution in [3.63, 3.8) is 0 Å². The Kier molecular flexibility index (Phi) is 8.08. The lowest BCUT2D eigenvalue weighted by Gasteiger charge is -2.36. The summed E-state index contributed by atoms with van der Waals surface area (Å²) < 4.78 is 19.0. The molecule has 0 aromatic heterocycles. The van der Waals surface area contributed by atoms with Gasteiger partial charge < -0.3 is 20.3 Å². The number of anilines is 2. The first kappa shape index (κ1) is 22.8. The van der Waals surface area contributed by atoms with E-state index in [4.69, 9.17) is 16.3 Å². The van der Waals surface area contributed by atoms with Crippen LogP contribution in [0.25, 0.3) is 0 Å². The molecule has 1 aliphatic heterocycles. The lowest BCUT2D eigenvalue weighted by Crippen LogP contribution is -2.47. The predicted octanol–water partition coefficient (Wildman–Crippen LogP) is 2.75. The minimum absolute atomic E-state index is 0.200. The van der Waals surface area contributed by atoms with Gasteiger partial charge >= 0.3 is 11.8 Å². The number of piperazine rings is 1. The Morgan fingerprint density at radius 3 is 2.52 bits per heavy atom. The predicted molar refractivity (Wildman–Crippen MR) is 119 cm³/mol. The van der Waals surface area contributed by atoms with Gasteiger partial charge in [-0.05, 0) is 43.3 Å². The summed E-state index contributed by atoms with van der Waals surface area (Å²) in [5.41, 5.74) is 1.05. The van der Waals surface area contributed by atoms with E-state index in [2.05, 4.69) is 15.5 Å². The number of rotatable bonds is 7. The largest absolute Gasteiger partial charge is 0.495 e. The number of methoxy groups -OCH3 is 1. The van der Waals surface area contributed by atoms with E-state index in [1.807, 2.05) is 11.0 Å². The summed E-state index contributed by atoms with van der Waals surface area (Å²) in [7, 11) is 1.50. The first-order valence-electron chi connectivity index (χ1n) is 10.1. The van der Waals surface area contributed by atoms with Crippen LogP contribution in [-0.2, 0) is 9.59 Å². The van der Waals surface area contributed by atoms with Gasteiger partial charge in [0.25, 0.3) is 0 Å². The summed E-state index contributed by atoms with van der Waals surface area (Å²) in [6.07, 6.45) is 0.715. The number of hydrogen-bond acceptors (Lipinski definition) is 5. The number of nitrogens with one attached hydrogen (secondary N) is 2. The highest BCUT2D eigenvalue weighted by atomic mass is 35.5. The van der Waals surface area contributed by atoms with Gasteiger partial charge in [-0.3, -0.25) is 14.5 Å². The Balaban J connectivity index is 1.34. The van der Waals surface area contributed by atoms with E-state index in [1.165, 1.54) is 19.2 Å². The molecule has 3 rings (SSSR count). The Hall–Kier alpha value is -2.84. The maximum absolute atomic E-state index is 13.9. The highest BCUT2D eigenvalue weighted by Crippen LogP contribution is 2.27. The Labute approximate surface area is 186 Å². The Morgan fingerprint density at radius 2 is 1.84 bits per heavy atom. The molecule has 0 aliphatic carbocycles. The molecule has 1 saturated heterocycles. The molecule has 0 saturated carbocycles. The molecule has 0 bridgehead atoms. The molecule has 166 valence electrons. The van der Waals surface area contributed by atoms with Crippen LogP contribution in [0.1, 0.15) is 6.42 Å². The molecule has 1 heterocycles. The zero-order valence-electron chi connectivity index (χ0n) is 17.4. The second-order valence-electron chi connectivity index (χ2n) is 7.19. The number of benzene rings is 2. The smallest absolute Gasteiger partial charge is 0.313 e. The third kappa shape index (κ3) is 6.32. The van der Waals surface area contributed by atoms with E-state index < -0.39 is 11.8 Å². The molecule has 9 heteroatoms. The standard InChI is InChI=1S/C22H26ClFN4O3/c1-31-20-8-7-16(15-17(20)23)26-22(30)21(29)25-9-4-10-27-11-13-28(14-12-27)19-6-3-2-5-18(19)24/h2-3,5-8,15H,4,9-14H2,1H3,(H,25,29)(H,26,30). The maximum atomic E-state index is 13.9. The van der Waals surface area contributed by atoms with Crippen molar-refractivity contribution < 1.29 is 18.7 Å². The summed E-state index contributed by atoms with van der Waals surface area (Å²) >= 11 is 6.02. The van der Waals surface area contributed by atoms with E-state index >= 15 is 0 Å². The summed E-state index contributed by atoms with van der Waals surface area (Å²) in [6.45, 7) is 4.33. The van der Waals surface area contributed by atoms with Crippen molar-refractivity contribution in [2.24, 2.45) is 0 Å². The van der Waals surface area contributed by atoms with Crippen LogP contribution in [0.3, 0.4) is 0 Å². The first-order valence-corrected chi connectivity index (χ1v) is 10.5. The molecule has 7 nitrogen and oxygen atoms in total. The van der Waals surface area contributed by atoms with E-state index in [-0.39, 0.29) is 5.82 Å². The molecule has 0 atom stereocenters. The SMILES string of the molecule is COc1ccc(NC(=O)C(=O)NCCCN2CCN(c3ccccc3F)CC2)cc1Cl. The number of para-hydroxylation sites is 1. The fourth-order valence-corrected chi connectivity index (χ4v) is 3.70. The second-order valence-corrected chi connectivity index (χ2v) is 7.60. The molecule has 0 unspecified atom stereocenters. The first-order chi connectivity index (χ1) is 15.0. The lowest BCUT2D eigenvalue weighted by molar-refractivity contribution is -0.136. The van der Waals surface area contributed by atoms with Gasteiger partial charge in [0.2, 0.25) is 0 Å². The van der Waals surface area contributed by atoms with Gasteiger partial charge in [0.05, 0.1) is 17.8 Å². The van der Waals surface area contributed by atoms with Gasteiger partial charge in [0.1, 0.15) is 11.6 Å². The fraction of sp³-hybridized carbons (Fsp3) is 0.364. The summed E-state index contributed by atoms with van der Waals surface area (Å²) in [6, 6.07) is 11.5. The number of carbonyl (C=O) groups is 2. The van der Waals surface area contributed by atoms with Crippen molar-refractivity contribution in [1.29, 1.82) is 0 Å². The number of nitrogens with zero attached hydrogens (tertiary/aromatic N) is 2. The molecule has 31 heavy (non-hydrogen) atoms. The number of ether oxygens (including phenoxy) is 1. The topological polar surface area (TPSA) is 73.9 Å². The lowest BCUT2D eigenvalue weighted by atomic mass is 10.2. The van der Waals surface area contributed by atoms with Crippen LogP contribution in [0.4, 0.5) is 15.8 Å². The molecule has 0 radical (unpaired) electrons. The van der Waals surface area contributed by atoms with Crippen LogP contribution >= 0.6 is 11.6 Å². The van der Waals surface area contributed by atoms with Crippen molar-refractivity contribution in [1.82, 2.24) is 10.2 Å². The fourth-order valence-electron chi connectivity index (χ4n) is 3.44. The molecule has 2 aromatic carbocycles. The summed E-state index contributed by atoms with van der Waals surface area (Å²) in [5.74, 6) is -1.16. The van der Waals surface area contributed by atoms with Crippen LogP contribution in [0.15, 0.2) is 42.5 Å². The van der Waals surface area contributed by atoms with E-state index in [9.17, 15) is 14.0 Å². The third-order valence-electron chi connectivity index (χ3n) is 5.12. The molecular weight excluding hydrogens is 423 g/mol. The number of halogens is 2. The molecule has 2 N–H and O–H groups in total. The Bertz CT molecular complexity index is 919. The number of hydrogen-bond donors (Lipinski definition) is 2. The Morgan fingerprint density at radius 1 is 1.10 bits per heavy atom. The summed E-state index contributed by atoms with van der Waals surface area (Å²) in [4.78, 5) is 28.3. The van der Waals surface area contributed by atoms with Crippen LogP contribution in [0.2, 0.25) is 5.02 Å². The zero-order valence-corrected chi connectivity index (χ0v) is 18.1. The van der Waals surface area contributed by atoms with Gasteiger partial charge in [-0.25, -0.2) is 4.39 Å². The highest BCUT2D eigenvalue weighted by Gasteiger charge is 2.19. The monoisotopic (exact) mass is 448 g/mol. The van der Waals surface area contributed by atoms with Gasteiger partial charge in [0.15, 0.2) is 0 Å².